The van der Waals surface area contributed by atoms with Gasteiger partial charge in [0.25, 0.3) is 5.91 Å². The zero-order valence-electron chi connectivity index (χ0n) is 15.1. The fourth-order valence-corrected chi connectivity index (χ4v) is 3.85. The highest BCUT2D eigenvalue weighted by molar-refractivity contribution is 7.91. The molecule has 1 heterocycles. The summed E-state index contributed by atoms with van der Waals surface area (Å²) in [6, 6.07) is 13.3. The van der Waals surface area contributed by atoms with Crippen LogP contribution in [0.1, 0.15) is 35.7 Å². The summed E-state index contributed by atoms with van der Waals surface area (Å²) < 4.78 is 23.6. The Morgan fingerprint density at radius 2 is 1.74 bits per heavy atom. The van der Waals surface area contributed by atoms with Gasteiger partial charge in [0.1, 0.15) is 0 Å². The minimum atomic E-state index is -3.26. The molecule has 0 atom stereocenters. The number of carbonyl (C=O) groups is 2. The Morgan fingerprint density at radius 1 is 1.07 bits per heavy atom. The van der Waals surface area contributed by atoms with Gasteiger partial charge in [-0.15, -0.1) is 0 Å². The van der Waals surface area contributed by atoms with Crippen LogP contribution in [0, 0.1) is 0 Å². The first-order valence-corrected chi connectivity index (χ1v) is 10.5. The molecule has 2 aromatic carbocycles. The maximum Gasteiger partial charge on any atom is 0.255 e. The van der Waals surface area contributed by atoms with E-state index in [1.165, 1.54) is 12.1 Å². The van der Waals surface area contributed by atoms with E-state index in [0.29, 0.717) is 24.2 Å². The number of carbonyl (C=O) groups excluding carboxylic acids is 2. The minimum absolute atomic E-state index is 0.0358. The molecule has 0 spiro atoms. The third-order valence-electron chi connectivity index (χ3n) is 4.61. The summed E-state index contributed by atoms with van der Waals surface area (Å²) >= 11 is 0. The second-order valence-corrected chi connectivity index (χ2v) is 8.78. The number of likely N-dealkylation sites (tertiary alicyclic amines) is 1. The molecule has 3 rings (SSSR count). The van der Waals surface area contributed by atoms with E-state index in [9.17, 15) is 18.0 Å². The van der Waals surface area contributed by atoms with Crippen LogP contribution in [-0.2, 0) is 21.2 Å². The van der Waals surface area contributed by atoms with Gasteiger partial charge in [-0.2, -0.15) is 0 Å². The topological polar surface area (TPSA) is 83.6 Å². The van der Waals surface area contributed by atoms with E-state index in [1.807, 2.05) is 17.0 Å². The van der Waals surface area contributed by atoms with E-state index >= 15 is 0 Å². The van der Waals surface area contributed by atoms with Crippen molar-refractivity contribution in [3.8, 4) is 0 Å². The van der Waals surface area contributed by atoms with Gasteiger partial charge in [-0.25, -0.2) is 8.42 Å². The lowest BCUT2D eigenvalue weighted by molar-refractivity contribution is -0.128. The number of anilines is 1. The smallest absolute Gasteiger partial charge is 0.255 e. The molecule has 0 bridgehead atoms. The zero-order valence-corrected chi connectivity index (χ0v) is 16.0. The normalized spacial score (nSPS) is 14.4. The predicted molar refractivity (Wildman–Crippen MR) is 103 cm³/mol. The van der Waals surface area contributed by atoms with Crippen molar-refractivity contribution < 1.29 is 18.0 Å². The quantitative estimate of drug-likeness (QED) is 0.827. The van der Waals surface area contributed by atoms with Crippen LogP contribution in [0.25, 0.3) is 0 Å². The number of benzene rings is 2. The maximum atomic E-state index is 12.4. The lowest BCUT2D eigenvalue weighted by Gasteiger charge is -2.15. The van der Waals surface area contributed by atoms with Crippen LogP contribution in [0.4, 0.5) is 5.69 Å². The van der Waals surface area contributed by atoms with E-state index in [2.05, 4.69) is 5.32 Å². The molecule has 142 valence electrons. The average Bonchev–Trinajstić information content (AvgIpc) is 3.07. The number of sulfone groups is 1. The van der Waals surface area contributed by atoms with Crippen LogP contribution >= 0.6 is 0 Å². The highest BCUT2D eigenvalue weighted by Gasteiger charge is 2.20. The first kappa shape index (κ1) is 19.1. The molecule has 1 saturated heterocycles. The van der Waals surface area contributed by atoms with Gasteiger partial charge < -0.3 is 10.2 Å². The molecule has 1 N–H and O–H groups in total. The number of amides is 2. The maximum absolute atomic E-state index is 12.4. The molecule has 2 amide bonds. The standard InChI is InChI=1S/C20H22N2O4S/c1-2-27(25,26)18-11-9-17(10-12-18)21-20(24)16-7-5-15(6-8-16)14-22-13-3-4-19(22)23/h5-12H,2-4,13-14H2,1H3,(H,21,24). The van der Waals surface area contributed by atoms with Crippen molar-refractivity contribution in [2.45, 2.75) is 31.2 Å². The summed E-state index contributed by atoms with van der Waals surface area (Å²) in [5, 5.41) is 2.76. The van der Waals surface area contributed by atoms with E-state index < -0.39 is 9.84 Å². The van der Waals surface area contributed by atoms with Gasteiger partial charge >= 0.3 is 0 Å². The molecule has 0 radical (unpaired) electrons. The first-order valence-electron chi connectivity index (χ1n) is 8.90. The number of hydrogen-bond donors (Lipinski definition) is 1. The predicted octanol–water partition coefficient (Wildman–Crippen LogP) is 2.85. The fraction of sp³-hybridized carbons (Fsp3) is 0.300. The van der Waals surface area contributed by atoms with Gasteiger partial charge in [0.15, 0.2) is 9.84 Å². The van der Waals surface area contributed by atoms with Crippen molar-refractivity contribution in [2.75, 3.05) is 17.6 Å². The monoisotopic (exact) mass is 386 g/mol. The molecular weight excluding hydrogens is 364 g/mol. The SMILES string of the molecule is CCS(=O)(=O)c1ccc(NC(=O)c2ccc(CN3CCCC3=O)cc2)cc1. The molecule has 0 aromatic heterocycles. The Labute approximate surface area is 159 Å². The van der Waals surface area contributed by atoms with Gasteiger partial charge in [-0.1, -0.05) is 19.1 Å². The van der Waals surface area contributed by atoms with Crippen LogP contribution in [0.15, 0.2) is 53.4 Å². The van der Waals surface area contributed by atoms with Gasteiger partial charge in [0, 0.05) is 30.8 Å². The van der Waals surface area contributed by atoms with E-state index in [4.69, 9.17) is 0 Å². The molecule has 0 aliphatic carbocycles. The van der Waals surface area contributed by atoms with Crippen molar-refractivity contribution in [3.05, 3.63) is 59.7 Å². The summed E-state index contributed by atoms with van der Waals surface area (Å²) in [6.07, 6.45) is 1.51. The molecular formula is C20H22N2O4S. The molecule has 27 heavy (non-hydrogen) atoms. The molecule has 6 nitrogen and oxygen atoms in total. The lowest BCUT2D eigenvalue weighted by atomic mass is 10.1. The Bertz CT molecular complexity index is 935. The van der Waals surface area contributed by atoms with E-state index in [-0.39, 0.29) is 22.5 Å². The molecule has 1 aliphatic heterocycles. The lowest BCUT2D eigenvalue weighted by Crippen LogP contribution is -2.23. The summed E-state index contributed by atoms with van der Waals surface area (Å²) in [6.45, 7) is 2.94. The van der Waals surface area contributed by atoms with Gasteiger partial charge in [0.2, 0.25) is 5.91 Å². The molecule has 1 fully saturated rings. The summed E-state index contributed by atoms with van der Waals surface area (Å²) in [5.41, 5.74) is 2.01. The largest absolute Gasteiger partial charge is 0.338 e. The third kappa shape index (κ3) is 4.54. The Morgan fingerprint density at radius 3 is 2.30 bits per heavy atom. The Balaban J connectivity index is 1.63. The summed E-state index contributed by atoms with van der Waals surface area (Å²) in [4.78, 5) is 26.1. The summed E-state index contributed by atoms with van der Waals surface area (Å²) in [7, 11) is -3.26. The molecule has 1 aliphatic rings. The van der Waals surface area contributed by atoms with Crippen LogP contribution in [0.5, 0.6) is 0 Å². The molecule has 0 unspecified atom stereocenters. The zero-order chi connectivity index (χ0) is 19.4. The van der Waals surface area contributed by atoms with Crippen molar-refractivity contribution in [3.63, 3.8) is 0 Å². The first-order chi connectivity index (χ1) is 12.9. The minimum Gasteiger partial charge on any atom is -0.338 e. The van der Waals surface area contributed by atoms with E-state index in [1.54, 1.807) is 31.2 Å². The Hall–Kier alpha value is -2.67. The molecule has 2 aromatic rings. The molecule has 7 heteroatoms. The third-order valence-corrected chi connectivity index (χ3v) is 6.36. The molecule has 0 saturated carbocycles. The van der Waals surface area contributed by atoms with Crippen LogP contribution in [0.2, 0.25) is 0 Å². The highest BCUT2D eigenvalue weighted by Crippen LogP contribution is 2.17. The van der Waals surface area contributed by atoms with Gasteiger partial charge in [-0.05, 0) is 48.4 Å². The number of nitrogens with one attached hydrogen (secondary N) is 1. The summed E-state index contributed by atoms with van der Waals surface area (Å²) in [5.74, 6) is -0.0658. The number of hydrogen-bond acceptors (Lipinski definition) is 4. The van der Waals surface area contributed by atoms with Crippen LogP contribution in [-0.4, -0.2) is 37.4 Å². The second-order valence-electron chi connectivity index (χ2n) is 6.50. The van der Waals surface area contributed by atoms with Gasteiger partial charge in [0.05, 0.1) is 10.6 Å². The van der Waals surface area contributed by atoms with Crippen molar-refractivity contribution in [1.29, 1.82) is 0 Å². The second kappa shape index (κ2) is 7.92. The average molecular weight is 386 g/mol. The van der Waals surface area contributed by atoms with E-state index in [0.717, 1.165) is 18.5 Å². The van der Waals surface area contributed by atoms with Crippen molar-refractivity contribution in [1.82, 2.24) is 4.90 Å². The van der Waals surface area contributed by atoms with Crippen LogP contribution < -0.4 is 5.32 Å². The number of nitrogens with zero attached hydrogens (tertiary/aromatic N) is 1. The Kier molecular flexibility index (Phi) is 5.60. The van der Waals surface area contributed by atoms with Crippen molar-refractivity contribution >= 4 is 27.3 Å². The van der Waals surface area contributed by atoms with Gasteiger partial charge in [-0.3, -0.25) is 9.59 Å². The van der Waals surface area contributed by atoms with Crippen molar-refractivity contribution in [2.24, 2.45) is 0 Å². The van der Waals surface area contributed by atoms with Crippen LogP contribution in [0.3, 0.4) is 0 Å². The number of rotatable bonds is 6. The fourth-order valence-electron chi connectivity index (χ4n) is 2.97. The highest BCUT2D eigenvalue weighted by atomic mass is 32.2.